The van der Waals surface area contributed by atoms with Gasteiger partial charge in [-0.1, -0.05) is 0 Å². The molecule has 0 radical (unpaired) electrons. The zero-order chi connectivity index (χ0) is 5.98. The maximum atomic E-state index is 7.23. The van der Waals surface area contributed by atoms with Gasteiger partial charge in [0.25, 0.3) is 0 Å². The zero-order valence-electron chi connectivity index (χ0n) is 5.13. The Morgan fingerprint density at radius 1 is 1.78 bits per heavy atom. The largest absolute Gasteiger partial charge is 0.324 e. The van der Waals surface area contributed by atoms with Crippen LogP contribution in [0.4, 0.5) is 0 Å². The van der Waals surface area contributed by atoms with Gasteiger partial charge in [0.1, 0.15) is 0 Å². The minimum Gasteiger partial charge on any atom is -0.324 e. The van der Waals surface area contributed by atoms with Crippen molar-refractivity contribution in [1.82, 2.24) is 4.57 Å². The van der Waals surface area contributed by atoms with Gasteiger partial charge in [-0.3, -0.25) is 5.41 Å². The first-order valence-electron chi connectivity index (χ1n) is 2.53. The number of thiazole rings is 1. The summed E-state index contributed by atoms with van der Waals surface area (Å²) in [7, 11) is 0. The first kappa shape index (κ1) is 9.16. The molecule has 0 saturated carbocycles. The van der Waals surface area contributed by atoms with E-state index in [1.54, 1.807) is 0 Å². The van der Waals surface area contributed by atoms with Crippen LogP contribution in [0.25, 0.3) is 0 Å². The molecule has 0 aliphatic carbocycles. The van der Waals surface area contributed by atoms with E-state index in [0.29, 0.717) is 4.80 Å². The van der Waals surface area contributed by atoms with Gasteiger partial charge in [0.15, 0.2) is 4.80 Å². The van der Waals surface area contributed by atoms with Gasteiger partial charge in [-0.2, -0.15) is 0 Å². The lowest BCUT2D eigenvalue weighted by Gasteiger charge is -1.89. The van der Waals surface area contributed by atoms with E-state index in [9.17, 15) is 0 Å². The van der Waals surface area contributed by atoms with Crippen molar-refractivity contribution in [2.45, 2.75) is 13.5 Å². The number of halogens is 1. The van der Waals surface area contributed by atoms with Crippen molar-refractivity contribution in [2.24, 2.45) is 0 Å². The van der Waals surface area contributed by atoms with Gasteiger partial charge in [-0.05, 0) is 6.92 Å². The van der Waals surface area contributed by atoms with Crippen LogP contribution in [-0.2, 0) is 6.54 Å². The number of aryl methyl sites for hydroxylation is 1. The lowest BCUT2D eigenvalue weighted by molar-refractivity contribution is 0.728. The van der Waals surface area contributed by atoms with E-state index < -0.39 is 0 Å². The predicted molar refractivity (Wildman–Crippen MR) is 49.3 cm³/mol. The average molecular weight is 256 g/mol. The van der Waals surface area contributed by atoms with Gasteiger partial charge >= 0.3 is 0 Å². The van der Waals surface area contributed by atoms with Crippen molar-refractivity contribution in [1.29, 1.82) is 5.41 Å². The number of nitrogens with zero attached hydrogens (tertiary/aromatic N) is 1. The third kappa shape index (κ3) is 2.09. The minimum absolute atomic E-state index is 0. The molecule has 9 heavy (non-hydrogen) atoms. The first-order chi connectivity index (χ1) is 3.84. The van der Waals surface area contributed by atoms with Crippen molar-refractivity contribution in [3.63, 3.8) is 0 Å². The number of aromatic nitrogens is 1. The van der Waals surface area contributed by atoms with E-state index >= 15 is 0 Å². The summed E-state index contributed by atoms with van der Waals surface area (Å²) in [6.07, 6.45) is 1.92. The molecular formula is C5H9IN2S. The van der Waals surface area contributed by atoms with Gasteiger partial charge < -0.3 is 4.57 Å². The molecule has 0 fully saturated rings. The first-order valence-corrected chi connectivity index (χ1v) is 3.41. The van der Waals surface area contributed by atoms with Crippen LogP contribution < -0.4 is 4.80 Å². The standard InChI is InChI=1S/C5H8N2S.HI/c1-2-7-3-4-8-5(7)6;/h3-4,6H,2H2,1H3;1H. The van der Waals surface area contributed by atoms with Crippen LogP contribution >= 0.6 is 35.3 Å². The van der Waals surface area contributed by atoms with Crippen LogP contribution in [0, 0.1) is 5.41 Å². The Bertz CT molecular complexity index is 215. The Balaban J connectivity index is 0.000000640. The van der Waals surface area contributed by atoms with Crippen LogP contribution in [0.5, 0.6) is 0 Å². The highest BCUT2D eigenvalue weighted by Crippen LogP contribution is 1.86. The van der Waals surface area contributed by atoms with E-state index in [1.165, 1.54) is 11.3 Å². The highest BCUT2D eigenvalue weighted by molar-refractivity contribution is 14.0. The fourth-order valence-electron chi connectivity index (χ4n) is 0.553. The molecule has 2 nitrogen and oxygen atoms in total. The molecule has 1 aromatic rings. The third-order valence-electron chi connectivity index (χ3n) is 1.02. The Kier molecular flexibility index (Phi) is 4.12. The summed E-state index contributed by atoms with van der Waals surface area (Å²) in [6, 6.07) is 0. The van der Waals surface area contributed by atoms with E-state index in [0.717, 1.165) is 6.54 Å². The summed E-state index contributed by atoms with van der Waals surface area (Å²) in [6.45, 7) is 2.94. The van der Waals surface area contributed by atoms with Gasteiger partial charge in [-0.15, -0.1) is 35.3 Å². The molecule has 4 heteroatoms. The minimum atomic E-state index is 0. The second-order valence-electron chi connectivity index (χ2n) is 1.49. The van der Waals surface area contributed by atoms with Crippen LogP contribution in [0.2, 0.25) is 0 Å². The van der Waals surface area contributed by atoms with Gasteiger partial charge in [0.2, 0.25) is 0 Å². The molecule has 0 bridgehead atoms. The number of hydrogen-bond donors (Lipinski definition) is 1. The molecule has 0 aromatic carbocycles. The van der Waals surface area contributed by atoms with Gasteiger partial charge in [0.05, 0.1) is 0 Å². The van der Waals surface area contributed by atoms with Crippen molar-refractivity contribution in [3.8, 4) is 0 Å². The Hall–Kier alpha value is 0.160. The number of hydrogen-bond acceptors (Lipinski definition) is 2. The smallest absolute Gasteiger partial charge is 0.181 e. The predicted octanol–water partition coefficient (Wildman–Crippen LogP) is 1.67. The molecular weight excluding hydrogens is 247 g/mol. The molecule has 0 saturated heterocycles. The molecule has 0 atom stereocenters. The molecule has 1 heterocycles. The van der Waals surface area contributed by atoms with Crippen molar-refractivity contribution < 1.29 is 0 Å². The topological polar surface area (TPSA) is 28.8 Å². The van der Waals surface area contributed by atoms with E-state index in [2.05, 4.69) is 0 Å². The van der Waals surface area contributed by atoms with Gasteiger partial charge in [-0.25, -0.2) is 0 Å². The SMILES string of the molecule is CCn1ccsc1=N.I. The molecule has 1 N–H and O–H groups in total. The monoisotopic (exact) mass is 256 g/mol. The van der Waals surface area contributed by atoms with E-state index in [4.69, 9.17) is 5.41 Å². The maximum absolute atomic E-state index is 7.23. The molecule has 1 aromatic heterocycles. The van der Waals surface area contributed by atoms with Crippen molar-refractivity contribution in [3.05, 3.63) is 16.4 Å². The third-order valence-corrected chi connectivity index (χ3v) is 1.74. The van der Waals surface area contributed by atoms with E-state index in [1.807, 2.05) is 23.1 Å². The summed E-state index contributed by atoms with van der Waals surface area (Å²) >= 11 is 1.46. The fraction of sp³-hybridized carbons (Fsp3) is 0.400. The molecule has 0 unspecified atom stereocenters. The van der Waals surface area contributed by atoms with E-state index in [-0.39, 0.29) is 24.0 Å². The van der Waals surface area contributed by atoms with Crippen LogP contribution in [0.15, 0.2) is 11.6 Å². The highest BCUT2D eigenvalue weighted by atomic mass is 127. The molecule has 0 amide bonds. The van der Waals surface area contributed by atoms with Crippen LogP contribution in [0.1, 0.15) is 6.92 Å². The Morgan fingerprint density at radius 2 is 2.44 bits per heavy atom. The second kappa shape index (κ2) is 4.05. The van der Waals surface area contributed by atoms with Gasteiger partial charge in [0, 0.05) is 18.1 Å². The Morgan fingerprint density at radius 3 is 2.67 bits per heavy atom. The molecule has 0 aliphatic heterocycles. The van der Waals surface area contributed by atoms with Crippen molar-refractivity contribution in [2.75, 3.05) is 0 Å². The highest BCUT2D eigenvalue weighted by Gasteiger charge is 1.84. The van der Waals surface area contributed by atoms with Crippen LogP contribution in [0.3, 0.4) is 0 Å². The molecule has 0 aliphatic rings. The lowest BCUT2D eigenvalue weighted by Crippen LogP contribution is -2.09. The summed E-state index contributed by atoms with van der Waals surface area (Å²) in [5.74, 6) is 0. The summed E-state index contributed by atoms with van der Waals surface area (Å²) in [5.41, 5.74) is 0. The molecule has 0 spiro atoms. The second-order valence-corrected chi connectivity index (χ2v) is 2.39. The fourth-order valence-corrected chi connectivity index (χ4v) is 1.21. The Labute approximate surface area is 75.1 Å². The van der Waals surface area contributed by atoms with Crippen molar-refractivity contribution >= 4 is 35.3 Å². The lowest BCUT2D eigenvalue weighted by atomic mass is 10.7. The summed E-state index contributed by atoms with van der Waals surface area (Å²) < 4.78 is 1.89. The number of rotatable bonds is 1. The molecule has 52 valence electrons. The maximum Gasteiger partial charge on any atom is 0.181 e. The zero-order valence-corrected chi connectivity index (χ0v) is 8.27. The quantitative estimate of drug-likeness (QED) is 0.740. The molecule has 1 rings (SSSR count). The average Bonchev–Trinajstić information content (AvgIpc) is 2.14. The summed E-state index contributed by atoms with van der Waals surface area (Å²) in [4.78, 5) is 0.632. The normalized spacial score (nSPS) is 8.56. The summed E-state index contributed by atoms with van der Waals surface area (Å²) in [5, 5.41) is 9.15. The number of nitrogens with one attached hydrogen (secondary N) is 1. The van der Waals surface area contributed by atoms with Crippen LogP contribution in [-0.4, -0.2) is 4.57 Å².